The molecule has 1 aromatic heterocycles. The number of carbonyl (C=O) groups is 1. The maximum absolute atomic E-state index is 12.7. The minimum Gasteiger partial charge on any atom is -0.321 e. The second-order valence-electron chi connectivity index (χ2n) is 6.82. The number of aromatic amines is 1. The molecule has 0 unspecified atom stereocenters. The average molecular weight is 415 g/mol. The van der Waals surface area contributed by atoms with E-state index in [4.69, 9.17) is 11.6 Å². The summed E-state index contributed by atoms with van der Waals surface area (Å²) in [5.41, 5.74) is -0.00774. The van der Waals surface area contributed by atoms with E-state index in [9.17, 15) is 18.0 Å². The molecule has 3 rings (SSSR count). The smallest absolute Gasteiger partial charge is 0.321 e. The molecule has 1 aliphatic rings. The number of alkyl halides is 3. The van der Waals surface area contributed by atoms with Crippen molar-refractivity contribution in [2.24, 2.45) is 0 Å². The van der Waals surface area contributed by atoms with Gasteiger partial charge in [0.05, 0.1) is 5.56 Å². The standard InChI is InChI=1S/C19H20ClF3N4O/c1-13(18(28)25-16-5-3-15(20)4-6-16)26-8-10-27(11-9-26)17-7-2-14(12-24-17)19(21,22)23/h2-7,12-13H,8-11H2,1H3,(H,25,28)/p+2/t13-/m1/s1. The van der Waals surface area contributed by atoms with Gasteiger partial charge in [-0.15, -0.1) is 0 Å². The lowest BCUT2D eigenvalue weighted by Crippen LogP contribution is -3.19. The minimum absolute atomic E-state index is 0.0770. The normalized spacial score (nSPS) is 16.7. The van der Waals surface area contributed by atoms with Gasteiger partial charge in [-0.2, -0.15) is 13.2 Å². The van der Waals surface area contributed by atoms with Crippen molar-refractivity contribution in [1.82, 2.24) is 0 Å². The fourth-order valence-corrected chi connectivity index (χ4v) is 3.35. The van der Waals surface area contributed by atoms with E-state index in [2.05, 4.69) is 10.3 Å². The van der Waals surface area contributed by atoms with Crippen LogP contribution in [0, 0.1) is 0 Å². The highest BCUT2D eigenvalue weighted by Gasteiger charge is 2.34. The predicted octanol–water partition coefficient (Wildman–Crippen LogP) is 1.91. The maximum atomic E-state index is 12.7. The Balaban J connectivity index is 1.54. The van der Waals surface area contributed by atoms with Crippen LogP contribution in [0.2, 0.25) is 5.02 Å². The number of hydrogen-bond donors (Lipinski definition) is 2. The summed E-state index contributed by atoms with van der Waals surface area (Å²) in [5.74, 6) is 0.567. The molecule has 2 heterocycles. The molecule has 28 heavy (non-hydrogen) atoms. The number of amides is 1. The fraction of sp³-hybridized carbons (Fsp3) is 0.368. The lowest BCUT2D eigenvalue weighted by molar-refractivity contribution is -0.914. The number of halogens is 4. The Bertz CT molecular complexity index is 803. The van der Waals surface area contributed by atoms with Gasteiger partial charge in [-0.05, 0) is 37.3 Å². The van der Waals surface area contributed by atoms with Gasteiger partial charge in [0.15, 0.2) is 6.04 Å². The van der Waals surface area contributed by atoms with Gasteiger partial charge in [0.1, 0.15) is 32.4 Å². The number of quaternary nitrogens is 1. The summed E-state index contributed by atoms with van der Waals surface area (Å²) in [6.07, 6.45) is -3.37. The summed E-state index contributed by atoms with van der Waals surface area (Å²) < 4.78 is 38.0. The summed E-state index contributed by atoms with van der Waals surface area (Å²) in [6, 6.07) is 9.22. The first-order valence-electron chi connectivity index (χ1n) is 8.99. The molecule has 1 fully saturated rings. The molecule has 1 aromatic carbocycles. The quantitative estimate of drug-likeness (QED) is 0.803. The van der Waals surface area contributed by atoms with Crippen molar-refractivity contribution >= 4 is 29.0 Å². The molecule has 0 aliphatic carbocycles. The first kappa shape index (κ1) is 20.4. The highest BCUT2D eigenvalue weighted by atomic mass is 35.5. The number of nitrogens with one attached hydrogen (secondary N) is 3. The van der Waals surface area contributed by atoms with Gasteiger partial charge in [-0.25, -0.2) is 4.98 Å². The summed E-state index contributed by atoms with van der Waals surface area (Å²) in [7, 11) is 0. The number of H-pyrrole nitrogens is 1. The number of benzene rings is 1. The third kappa shape index (κ3) is 4.94. The average Bonchev–Trinajstić information content (AvgIpc) is 2.69. The second-order valence-corrected chi connectivity index (χ2v) is 7.26. The maximum Gasteiger partial charge on any atom is 0.419 e. The Hall–Kier alpha value is -2.32. The van der Waals surface area contributed by atoms with Crippen molar-refractivity contribution in [2.45, 2.75) is 19.1 Å². The number of nitrogens with zero attached hydrogens (tertiary/aromatic N) is 1. The van der Waals surface area contributed by atoms with Crippen LogP contribution in [-0.4, -0.2) is 38.1 Å². The van der Waals surface area contributed by atoms with E-state index in [0.717, 1.165) is 17.2 Å². The molecule has 5 nitrogen and oxygen atoms in total. The first-order valence-corrected chi connectivity index (χ1v) is 9.37. The summed E-state index contributed by atoms with van der Waals surface area (Å²) >= 11 is 5.85. The van der Waals surface area contributed by atoms with E-state index in [1.165, 1.54) is 6.07 Å². The Morgan fingerprint density at radius 1 is 1.18 bits per heavy atom. The van der Waals surface area contributed by atoms with Gasteiger partial charge in [-0.3, -0.25) is 9.69 Å². The number of rotatable bonds is 4. The molecule has 1 aliphatic heterocycles. The molecule has 1 atom stereocenters. The van der Waals surface area contributed by atoms with Crippen molar-refractivity contribution in [3.63, 3.8) is 0 Å². The molecule has 2 aromatic rings. The van der Waals surface area contributed by atoms with E-state index in [1.54, 1.807) is 24.3 Å². The zero-order valence-electron chi connectivity index (χ0n) is 15.3. The monoisotopic (exact) mass is 414 g/mol. The van der Waals surface area contributed by atoms with Gasteiger partial charge >= 0.3 is 6.18 Å². The Morgan fingerprint density at radius 2 is 1.82 bits per heavy atom. The van der Waals surface area contributed by atoms with Crippen molar-refractivity contribution in [3.05, 3.63) is 53.2 Å². The van der Waals surface area contributed by atoms with Crippen LogP contribution in [0.5, 0.6) is 0 Å². The number of pyridine rings is 1. The summed E-state index contributed by atoms with van der Waals surface area (Å²) in [6.45, 7) is 4.60. The zero-order valence-corrected chi connectivity index (χ0v) is 16.1. The fourth-order valence-electron chi connectivity index (χ4n) is 3.23. The second kappa shape index (κ2) is 8.36. The Labute approximate surface area is 166 Å². The van der Waals surface area contributed by atoms with Crippen molar-refractivity contribution < 1.29 is 27.8 Å². The molecular formula is C19H22ClF3N4O+2. The Morgan fingerprint density at radius 3 is 2.36 bits per heavy atom. The van der Waals surface area contributed by atoms with Gasteiger partial charge in [0, 0.05) is 16.8 Å². The van der Waals surface area contributed by atoms with E-state index in [1.807, 2.05) is 11.8 Å². The molecule has 3 N–H and O–H groups in total. The largest absolute Gasteiger partial charge is 0.419 e. The number of hydrogen-bond acceptors (Lipinski definition) is 2. The predicted molar refractivity (Wildman–Crippen MR) is 100 cm³/mol. The summed E-state index contributed by atoms with van der Waals surface area (Å²) in [4.78, 5) is 18.3. The van der Waals surface area contributed by atoms with Gasteiger partial charge in [-0.1, -0.05) is 11.6 Å². The summed E-state index contributed by atoms with van der Waals surface area (Å²) in [5, 5.41) is 3.49. The molecule has 1 amide bonds. The van der Waals surface area contributed by atoms with Crippen LogP contribution >= 0.6 is 11.6 Å². The van der Waals surface area contributed by atoms with Crippen molar-refractivity contribution in [2.75, 3.05) is 36.4 Å². The molecule has 9 heteroatoms. The molecule has 150 valence electrons. The lowest BCUT2D eigenvalue weighted by Gasteiger charge is -2.31. The molecule has 0 radical (unpaired) electrons. The van der Waals surface area contributed by atoms with Crippen LogP contribution in [0.25, 0.3) is 0 Å². The molecular weight excluding hydrogens is 393 g/mol. The number of anilines is 2. The van der Waals surface area contributed by atoms with Crippen LogP contribution in [0.15, 0.2) is 42.6 Å². The van der Waals surface area contributed by atoms with E-state index < -0.39 is 11.7 Å². The lowest BCUT2D eigenvalue weighted by atomic mass is 10.2. The van der Waals surface area contributed by atoms with E-state index in [0.29, 0.717) is 42.7 Å². The van der Waals surface area contributed by atoms with Gasteiger partial charge in [0.25, 0.3) is 11.7 Å². The van der Waals surface area contributed by atoms with Crippen molar-refractivity contribution in [3.8, 4) is 0 Å². The molecule has 1 saturated heterocycles. The molecule has 0 bridgehead atoms. The van der Waals surface area contributed by atoms with E-state index in [-0.39, 0.29) is 11.9 Å². The highest BCUT2D eigenvalue weighted by Crippen LogP contribution is 2.28. The minimum atomic E-state index is -4.36. The molecule has 0 spiro atoms. The third-order valence-electron chi connectivity index (χ3n) is 4.99. The van der Waals surface area contributed by atoms with Crippen LogP contribution in [0.3, 0.4) is 0 Å². The van der Waals surface area contributed by atoms with Gasteiger partial charge < -0.3 is 10.2 Å². The topological polar surface area (TPSA) is 50.9 Å². The highest BCUT2D eigenvalue weighted by molar-refractivity contribution is 6.30. The van der Waals surface area contributed by atoms with Crippen LogP contribution in [0.4, 0.5) is 24.7 Å². The molecule has 0 saturated carbocycles. The number of aromatic nitrogens is 1. The van der Waals surface area contributed by atoms with Crippen molar-refractivity contribution in [1.29, 1.82) is 0 Å². The van der Waals surface area contributed by atoms with Crippen LogP contribution in [-0.2, 0) is 11.0 Å². The van der Waals surface area contributed by atoms with Crippen LogP contribution in [0.1, 0.15) is 12.5 Å². The SMILES string of the molecule is C[C@H](C(=O)Nc1ccc(Cl)cc1)[NH+]1CCN(c2ccc(C(F)(F)F)c[nH+]2)CC1. The van der Waals surface area contributed by atoms with E-state index >= 15 is 0 Å². The Kier molecular flexibility index (Phi) is 6.10. The van der Waals surface area contributed by atoms with Gasteiger partial charge in [0.2, 0.25) is 0 Å². The van der Waals surface area contributed by atoms with Crippen LogP contribution < -0.4 is 20.1 Å². The zero-order chi connectivity index (χ0) is 20.3. The third-order valence-corrected chi connectivity index (χ3v) is 5.24. The number of piperazine rings is 1. The number of carbonyl (C=O) groups excluding carboxylic acids is 1. The first-order chi connectivity index (χ1) is 13.2.